The van der Waals surface area contributed by atoms with Gasteiger partial charge in [-0.15, -0.1) is 12.4 Å². The maximum Gasteiger partial charge on any atom is 0.119 e. The fourth-order valence-corrected chi connectivity index (χ4v) is 2.37. The molecule has 1 atom stereocenters. The molecular formula is C15H23BrClNO4. The first-order valence-corrected chi connectivity index (χ1v) is 7.97. The molecular weight excluding hydrogens is 374 g/mol. The molecule has 1 aromatic carbocycles. The standard InChI is InChI=1S/C15H22BrNO4.ClH/c16-13-1-3-15(4-2-13)21-10-9-20-12-14(18)11-17-5-7-19-8-6-17;/h1-4,14,18H,5-12H2;1H. The highest BCUT2D eigenvalue weighted by Gasteiger charge is 2.14. The van der Waals surface area contributed by atoms with Gasteiger partial charge in [0.25, 0.3) is 0 Å². The van der Waals surface area contributed by atoms with Gasteiger partial charge in [-0.2, -0.15) is 0 Å². The molecule has 1 saturated heterocycles. The van der Waals surface area contributed by atoms with Crippen molar-refractivity contribution in [3.63, 3.8) is 0 Å². The van der Waals surface area contributed by atoms with Crippen molar-refractivity contribution in [1.29, 1.82) is 0 Å². The Hall–Kier alpha value is -0.370. The number of benzene rings is 1. The van der Waals surface area contributed by atoms with Crippen LogP contribution in [-0.2, 0) is 9.47 Å². The van der Waals surface area contributed by atoms with E-state index in [9.17, 15) is 5.11 Å². The van der Waals surface area contributed by atoms with E-state index in [2.05, 4.69) is 20.8 Å². The van der Waals surface area contributed by atoms with Crippen LogP contribution in [-0.4, -0.2) is 68.8 Å². The van der Waals surface area contributed by atoms with E-state index in [-0.39, 0.29) is 12.4 Å². The Labute approximate surface area is 146 Å². The summed E-state index contributed by atoms with van der Waals surface area (Å²) in [4.78, 5) is 2.19. The van der Waals surface area contributed by atoms with Gasteiger partial charge in [0, 0.05) is 24.1 Å². The monoisotopic (exact) mass is 395 g/mol. The van der Waals surface area contributed by atoms with Crippen molar-refractivity contribution in [1.82, 2.24) is 4.90 Å². The number of halogens is 2. The second-order valence-electron chi connectivity index (χ2n) is 4.94. The van der Waals surface area contributed by atoms with Crippen LogP contribution in [0.3, 0.4) is 0 Å². The van der Waals surface area contributed by atoms with Crippen molar-refractivity contribution in [2.75, 3.05) is 52.7 Å². The van der Waals surface area contributed by atoms with E-state index in [4.69, 9.17) is 14.2 Å². The zero-order valence-corrected chi connectivity index (χ0v) is 14.9. The fourth-order valence-electron chi connectivity index (χ4n) is 2.10. The number of aliphatic hydroxyl groups excluding tert-OH is 1. The van der Waals surface area contributed by atoms with Gasteiger partial charge in [-0.05, 0) is 24.3 Å². The molecule has 1 aliphatic rings. The highest BCUT2D eigenvalue weighted by atomic mass is 79.9. The third-order valence-electron chi connectivity index (χ3n) is 3.19. The zero-order valence-electron chi connectivity index (χ0n) is 12.4. The van der Waals surface area contributed by atoms with Gasteiger partial charge in [-0.1, -0.05) is 15.9 Å². The summed E-state index contributed by atoms with van der Waals surface area (Å²) in [6.45, 7) is 5.16. The van der Waals surface area contributed by atoms with Crippen molar-refractivity contribution in [2.24, 2.45) is 0 Å². The topological polar surface area (TPSA) is 51.2 Å². The van der Waals surface area contributed by atoms with Crippen LogP contribution < -0.4 is 4.74 Å². The van der Waals surface area contributed by atoms with Crippen LogP contribution in [0.1, 0.15) is 0 Å². The second-order valence-corrected chi connectivity index (χ2v) is 5.86. The average molecular weight is 397 g/mol. The number of aliphatic hydroxyl groups is 1. The van der Waals surface area contributed by atoms with E-state index in [0.717, 1.165) is 36.5 Å². The number of hydrogen-bond acceptors (Lipinski definition) is 5. The van der Waals surface area contributed by atoms with E-state index in [1.165, 1.54) is 0 Å². The van der Waals surface area contributed by atoms with Gasteiger partial charge in [0.1, 0.15) is 12.4 Å². The first-order valence-electron chi connectivity index (χ1n) is 7.18. The Bertz CT molecular complexity index is 401. The summed E-state index contributed by atoms with van der Waals surface area (Å²) >= 11 is 3.38. The number of hydrogen-bond donors (Lipinski definition) is 1. The van der Waals surface area contributed by atoms with Crippen LogP contribution in [0.2, 0.25) is 0 Å². The van der Waals surface area contributed by atoms with Crippen molar-refractivity contribution in [3.05, 3.63) is 28.7 Å². The lowest BCUT2D eigenvalue weighted by atomic mass is 10.3. The SMILES string of the molecule is Cl.OC(COCCOc1ccc(Br)cc1)CN1CCOCC1. The maximum absolute atomic E-state index is 9.89. The summed E-state index contributed by atoms with van der Waals surface area (Å²) in [5.74, 6) is 0.815. The number of nitrogens with zero attached hydrogens (tertiary/aromatic N) is 1. The van der Waals surface area contributed by atoms with Gasteiger partial charge in [0.15, 0.2) is 0 Å². The number of rotatable bonds is 8. The predicted octanol–water partition coefficient (Wildman–Crippen LogP) is 1.96. The van der Waals surface area contributed by atoms with E-state index < -0.39 is 6.10 Å². The third kappa shape index (κ3) is 7.76. The van der Waals surface area contributed by atoms with Crippen LogP contribution in [0.15, 0.2) is 28.7 Å². The molecule has 5 nitrogen and oxygen atoms in total. The molecule has 126 valence electrons. The van der Waals surface area contributed by atoms with Gasteiger partial charge >= 0.3 is 0 Å². The Balaban J connectivity index is 0.00000242. The molecule has 0 aromatic heterocycles. The van der Waals surface area contributed by atoms with Crippen LogP contribution >= 0.6 is 28.3 Å². The molecule has 0 spiro atoms. The molecule has 0 bridgehead atoms. The predicted molar refractivity (Wildman–Crippen MR) is 91.0 cm³/mol. The molecule has 1 unspecified atom stereocenters. The van der Waals surface area contributed by atoms with E-state index >= 15 is 0 Å². The van der Waals surface area contributed by atoms with Crippen molar-refractivity contribution in [2.45, 2.75) is 6.10 Å². The highest BCUT2D eigenvalue weighted by Crippen LogP contribution is 2.15. The van der Waals surface area contributed by atoms with Gasteiger partial charge < -0.3 is 19.3 Å². The Morgan fingerprint density at radius 3 is 2.55 bits per heavy atom. The first kappa shape index (κ1) is 19.7. The zero-order chi connectivity index (χ0) is 14.9. The largest absolute Gasteiger partial charge is 0.491 e. The quantitative estimate of drug-likeness (QED) is 0.681. The Morgan fingerprint density at radius 1 is 1.18 bits per heavy atom. The van der Waals surface area contributed by atoms with Crippen molar-refractivity contribution in [3.8, 4) is 5.75 Å². The summed E-state index contributed by atoms with van der Waals surface area (Å²) in [6.07, 6.45) is -0.462. The highest BCUT2D eigenvalue weighted by molar-refractivity contribution is 9.10. The molecule has 0 amide bonds. The number of ether oxygens (including phenoxy) is 3. The lowest BCUT2D eigenvalue weighted by Gasteiger charge is -2.28. The molecule has 0 aliphatic carbocycles. The fraction of sp³-hybridized carbons (Fsp3) is 0.600. The summed E-state index contributed by atoms with van der Waals surface area (Å²) in [5.41, 5.74) is 0. The van der Waals surface area contributed by atoms with E-state index in [1.807, 2.05) is 24.3 Å². The minimum Gasteiger partial charge on any atom is -0.491 e. The molecule has 2 rings (SSSR count). The minimum atomic E-state index is -0.462. The van der Waals surface area contributed by atoms with Crippen molar-refractivity contribution >= 4 is 28.3 Å². The van der Waals surface area contributed by atoms with Crippen LogP contribution in [0.5, 0.6) is 5.75 Å². The van der Waals surface area contributed by atoms with E-state index in [0.29, 0.717) is 26.4 Å². The van der Waals surface area contributed by atoms with Gasteiger partial charge in [0.05, 0.1) is 32.5 Å². The maximum atomic E-state index is 9.89. The summed E-state index contributed by atoms with van der Waals surface area (Å²) in [6, 6.07) is 7.67. The second kappa shape index (κ2) is 11.2. The lowest BCUT2D eigenvalue weighted by Crippen LogP contribution is -2.42. The van der Waals surface area contributed by atoms with Crippen molar-refractivity contribution < 1.29 is 19.3 Å². The molecule has 1 fully saturated rings. The number of β-amino-alcohol motifs (C(OH)–C–C–N with tert-alkyl or cyclic N) is 1. The summed E-state index contributed by atoms with van der Waals surface area (Å²) in [7, 11) is 0. The normalized spacial score (nSPS) is 16.8. The van der Waals surface area contributed by atoms with Crippen LogP contribution in [0.25, 0.3) is 0 Å². The molecule has 1 heterocycles. The molecule has 22 heavy (non-hydrogen) atoms. The summed E-state index contributed by atoms with van der Waals surface area (Å²) in [5, 5.41) is 9.89. The van der Waals surface area contributed by atoms with Gasteiger partial charge in [-0.3, -0.25) is 4.90 Å². The molecule has 0 saturated carbocycles. The average Bonchev–Trinajstić information content (AvgIpc) is 2.50. The van der Waals surface area contributed by atoms with Crippen LogP contribution in [0, 0.1) is 0 Å². The molecule has 1 aliphatic heterocycles. The molecule has 1 N–H and O–H groups in total. The Morgan fingerprint density at radius 2 is 1.86 bits per heavy atom. The van der Waals surface area contributed by atoms with Gasteiger partial charge in [0.2, 0.25) is 0 Å². The van der Waals surface area contributed by atoms with Gasteiger partial charge in [-0.25, -0.2) is 0 Å². The van der Waals surface area contributed by atoms with Crippen LogP contribution in [0.4, 0.5) is 0 Å². The molecule has 1 aromatic rings. The minimum absolute atomic E-state index is 0. The third-order valence-corrected chi connectivity index (χ3v) is 3.72. The lowest BCUT2D eigenvalue weighted by molar-refractivity contribution is -0.0178. The first-order chi connectivity index (χ1) is 10.2. The molecule has 0 radical (unpaired) electrons. The number of morpholine rings is 1. The smallest absolute Gasteiger partial charge is 0.119 e. The van der Waals surface area contributed by atoms with E-state index in [1.54, 1.807) is 0 Å². The molecule has 7 heteroatoms. The Kier molecular flexibility index (Phi) is 10.0. The summed E-state index contributed by atoms with van der Waals surface area (Å²) < 4.78 is 17.3.